The van der Waals surface area contributed by atoms with Crippen molar-refractivity contribution in [3.05, 3.63) is 40.9 Å². The van der Waals surface area contributed by atoms with Crippen LogP contribution in [0.15, 0.2) is 30.3 Å². The first-order chi connectivity index (χ1) is 8.65. The molecule has 2 aromatic rings. The third kappa shape index (κ3) is 1.77. The van der Waals surface area contributed by atoms with Crippen molar-refractivity contribution in [3.63, 3.8) is 0 Å². The molecule has 3 nitrogen and oxygen atoms in total. The average Bonchev–Trinajstić information content (AvgIpc) is 2.80. The Morgan fingerprint density at radius 1 is 1.11 bits per heavy atom. The fourth-order valence-electron chi connectivity index (χ4n) is 1.97. The molecule has 18 heavy (non-hydrogen) atoms. The van der Waals surface area contributed by atoms with Gasteiger partial charge in [-0.2, -0.15) is 0 Å². The van der Waals surface area contributed by atoms with Crippen LogP contribution in [0.5, 0.6) is 17.2 Å². The van der Waals surface area contributed by atoms with E-state index in [4.69, 9.17) is 21.1 Å². The monoisotopic (exact) mass is 262 g/mol. The Balaban J connectivity index is 2.12. The summed E-state index contributed by atoms with van der Waals surface area (Å²) in [6.07, 6.45) is 0. The maximum absolute atomic E-state index is 9.96. The van der Waals surface area contributed by atoms with E-state index < -0.39 is 0 Å². The first-order valence-corrected chi connectivity index (χ1v) is 5.92. The molecule has 0 saturated heterocycles. The Labute approximate surface area is 110 Å². The Bertz CT molecular complexity index is 623. The van der Waals surface area contributed by atoms with Gasteiger partial charge in [0.2, 0.25) is 6.79 Å². The highest BCUT2D eigenvalue weighted by Gasteiger charge is 2.15. The van der Waals surface area contributed by atoms with Crippen molar-refractivity contribution in [3.8, 4) is 28.4 Å². The smallest absolute Gasteiger partial charge is 0.231 e. The van der Waals surface area contributed by atoms with E-state index in [0.717, 1.165) is 22.4 Å². The van der Waals surface area contributed by atoms with Crippen LogP contribution >= 0.6 is 11.6 Å². The zero-order chi connectivity index (χ0) is 12.7. The molecule has 1 heterocycles. The van der Waals surface area contributed by atoms with E-state index in [1.807, 2.05) is 31.2 Å². The number of phenolic OH excluding ortho intramolecular Hbond substituents is 1. The van der Waals surface area contributed by atoms with Crippen molar-refractivity contribution in [2.75, 3.05) is 6.79 Å². The summed E-state index contributed by atoms with van der Waals surface area (Å²) in [6, 6.07) is 8.98. The summed E-state index contributed by atoms with van der Waals surface area (Å²) in [5.41, 5.74) is 2.52. The van der Waals surface area contributed by atoms with Gasteiger partial charge in [-0.3, -0.25) is 0 Å². The number of hydrogen-bond donors (Lipinski definition) is 1. The molecular weight excluding hydrogens is 252 g/mol. The van der Waals surface area contributed by atoms with Crippen LogP contribution in [-0.4, -0.2) is 11.9 Å². The van der Waals surface area contributed by atoms with Gasteiger partial charge in [0.1, 0.15) is 5.75 Å². The van der Waals surface area contributed by atoms with Gasteiger partial charge in [0, 0.05) is 10.6 Å². The largest absolute Gasteiger partial charge is 0.507 e. The first-order valence-electron chi connectivity index (χ1n) is 5.54. The molecule has 0 aliphatic carbocycles. The van der Waals surface area contributed by atoms with E-state index in [1.54, 1.807) is 6.07 Å². The van der Waals surface area contributed by atoms with Gasteiger partial charge in [0.05, 0.1) is 0 Å². The number of fused-ring (bicyclic) bond motifs is 1. The molecular formula is C14H11ClO3. The summed E-state index contributed by atoms with van der Waals surface area (Å²) in [6.45, 7) is 2.14. The maximum Gasteiger partial charge on any atom is 0.231 e. The highest BCUT2D eigenvalue weighted by Crippen LogP contribution is 2.39. The molecule has 0 bridgehead atoms. The molecule has 0 aromatic heterocycles. The number of aromatic hydroxyl groups is 1. The van der Waals surface area contributed by atoms with Gasteiger partial charge in [0.15, 0.2) is 11.5 Å². The second-order valence-corrected chi connectivity index (χ2v) is 4.59. The van der Waals surface area contributed by atoms with Crippen molar-refractivity contribution >= 4 is 11.6 Å². The molecule has 1 N–H and O–H groups in total. The summed E-state index contributed by atoms with van der Waals surface area (Å²) in [5, 5.41) is 10.5. The fourth-order valence-corrected chi connectivity index (χ4v) is 2.12. The Hall–Kier alpha value is -1.87. The van der Waals surface area contributed by atoms with Gasteiger partial charge in [-0.15, -0.1) is 0 Å². The number of rotatable bonds is 1. The summed E-state index contributed by atoms with van der Waals surface area (Å²) < 4.78 is 10.6. The summed E-state index contributed by atoms with van der Waals surface area (Å²) in [5.74, 6) is 1.58. The second kappa shape index (κ2) is 4.10. The van der Waals surface area contributed by atoms with Crippen LogP contribution in [0.4, 0.5) is 0 Å². The van der Waals surface area contributed by atoms with Crippen molar-refractivity contribution in [1.82, 2.24) is 0 Å². The normalized spacial score (nSPS) is 12.8. The zero-order valence-corrected chi connectivity index (χ0v) is 10.5. The molecule has 1 aliphatic rings. The molecule has 1 aliphatic heterocycles. The predicted octanol–water partition coefficient (Wildman–Crippen LogP) is 3.75. The SMILES string of the molecule is Cc1cc(-c2ccc3c(c2)OCO3)c(O)cc1Cl. The number of benzene rings is 2. The first kappa shape index (κ1) is 11.2. The third-order valence-corrected chi connectivity index (χ3v) is 3.37. The topological polar surface area (TPSA) is 38.7 Å². The fraction of sp³-hybridized carbons (Fsp3) is 0.143. The van der Waals surface area contributed by atoms with Crippen molar-refractivity contribution < 1.29 is 14.6 Å². The van der Waals surface area contributed by atoms with E-state index in [2.05, 4.69) is 0 Å². The van der Waals surface area contributed by atoms with Crippen molar-refractivity contribution in [2.45, 2.75) is 6.92 Å². The lowest BCUT2D eigenvalue weighted by Gasteiger charge is -2.08. The molecule has 2 aromatic carbocycles. The second-order valence-electron chi connectivity index (χ2n) is 4.19. The van der Waals surface area contributed by atoms with Gasteiger partial charge < -0.3 is 14.6 Å². The molecule has 0 fully saturated rings. The van der Waals surface area contributed by atoms with Crippen LogP contribution < -0.4 is 9.47 Å². The highest BCUT2D eigenvalue weighted by atomic mass is 35.5. The minimum Gasteiger partial charge on any atom is -0.507 e. The lowest BCUT2D eigenvalue weighted by Crippen LogP contribution is -1.92. The zero-order valence-electron chi connectivity index (χ0n) is 9.74. The molecule has 3 rings (SSSR count). The standard InChI is InChI=1S/C14H11ClO3/c1-8-4-10(12(16)6-11(8)15)9-2-3-13-14(5-9)18-7-17-13/h2-6,16H,7H2,1H3. The van der Waals surface area contributed by atoms with Gasteiger partial charge in [-0.05, 0) is 42.3 Å². The molecule has 0 unspecified atom stereocenters. The number of phenols is 1. The third-order valence-electron chi connectivity index (χ3n) is 2.96. The summed E-state index contributed by atoms with van der Waals surface area (Å²) >= 11 is 5.96. The molecule has 4 heteroatoms. The number of hydrogen-bond acceptors (Lipinski definition) is 3. The maximum atomic E-state index is 9.96. The Kier molecular flexibility index (Phi) is 2.56. The Morgan fingerprint density at radius 2 is 1.89 bits per heavy atom. The predicted molar refractivity (Wildman–Crippen MR) is 69.4 cm³/mol. The molecule has 92 valence electrons. The van der Waals surface area contributed by atoms with Crippen molar-refractivity contribution in [2.24, 2.45) is 0 Å². The van der Waals surface area contributed by atoms with E-state index in [9.17, 15) is 5.11 Å². The number of aryl methyl sites for hydroxylation is 1. The Morgan fingerprint density at radius 3 is 2.72 bits per heavy atom. The highest BCUT2D eigenvalue weighted by molar-refractivity contribution is 6.31. The average molecular weight is 263 g/mol. The molecule has 0 amide bonds. The lowest BCUT2D eigenvalue weighted by atomic mass is 10.0. The van der Waals surface area contributed by atoms with Gasteiger partial charge >= 0.3 is 0 Å². The van der Waals surface area contributed by atoms with E-state index in [1.165, 1.54) is 0 Å². The number of halogens is 1. The van der Waals surface area contributed by atoms with Gasteiger partial charge in [-0.1, -0.05) is 17.7 Å². The molecule has 0 saturated carbocycles. The lowest BCUT2D eigenvalue weighted by molar-refractivity contribution is 0.174. The summed E-state index contributed by atoms with van der Waals surface area (Å²) in [7, 11) is 0. The van der Waals surface area contributed by atoms with E-state index in [-0.39, 0.29) is 12.5 Å². The molecule has 0 spiro atoms. The molecule has 0 atom stereocenters. The van der Waals surface area contributed by atoms with Crippen LogP contribution in [-0.2, 0) is 0 Å². The van der Waals surface area contributed by atoms with Crippen molar-refractivity contribution in [1.29, 1.82) is 0 Å². The minimum absolute atomic E-state index is 0.157. The van der Waals surface area contributed by atoms with Gasteiger partial charge in [-0.25, -0.2) is 0 Å². The van der Waals surface area contributed by atoms with E-state index in [0.29, 0.717) is 10.8 Å². The van der Waals surface area contributed by atoms with Gasteiger partial charge in [0.25, 0.3) is 0 Å². The van der Waals surface area contributed by atoms with Crippen LogP contribution in [0.1, 0.15) is 5.56 Å². The van der Waals surface area contributed by atoms with Crippen LogP contribution in [0.3, 0.4) is 0 Å². The number of ether oxygens (including phenoxy) is 2. The van der Waals surface area contributed by atoms with Crippen LogP contribution in [0.25, 0.3) is 11.1 Å². The summed E-state index contributed by atoms with van der Waals surface area (Å²) in [4.78, 5) is 0. The van der Waals surface area contributed by atoms with Crippen LogP contribution in [0, 0.1) is 6.92 Å². The minimum atomic E-state index is 0.157. The van der Waals surface area contributed by atoms with E-state index >= 15 is 0 Å². The quantitative estimate of drug-likeness (QED) is 0.851. The van der Waals surface area contributed by atoms with Crippen LogP contribution in [0.2, 0.25) is 5.02 Å². The molecule has 0 radical (unpaired) electrons.